The quantitative estimate of drug-likeness (QED) is 0.712. The van der Waals surface area contributed by atoms with Gasteiger partial charge in [-0.2, -0.15) is 0 Å². The van der Waals surface area contributed by atoms with Crippen molar-refractivity contribution >= 4 is 22.6 Å². The minimum absolute atomic E-state index is 0.0403. The molecule has 1 fully saturated rings. The molecule has 3 aromatic rings. The lowest BCUT2D eigenvalue weighted by Crippen LogP contribution is -2.17. The molecule has 0 radical (unpaired) electrons. The van der Waals surface area contributed by atoms with E-state index in [2.05, 4.69) is 15.3 Å². The zero-order chi connectivity index (χ0) is 19.7. The van der Waals surface area contributed by atoms with E-state index in [-0.39, 0.29) is 11.5 Å². The first kappa shape index (κ1) is 18.4. The van der Waals surface area contributed by atoms with Gasteiger partial charge in [0.25, 0.3) is 5.56 Å². The molecule has 7 nitrogen and oxygen atoms in total. The Bertz CT molecular complexity index is 1080. The normalized spacial score (nSPS) is 16.6. The summed E-state index contributed by atoms with van der Waals surface area (Å²) in [5, 5.41) is 3.73. The Balaban J connectivity index is 1.59. The number of hydrogen-bond acceptors (Lipinski definition) is 4. The van der Waals surface area contributed by atoms with Gasteiger partial charge in [0.15, 0.2) is 0 Å². The van der Waals surface area contributed by atoms with Gasteiger partial charge in [0.1, 0.15) is 11.3 Å². The highest BCUT2D eigenvalue weighted by molar-refractivity contribution is 5.95. The van der Waals surface area contributed by atoms with Gasteiger partial charge >= 0.3 is 0 Å². The van der Waals surface area contributed by atoms with Gasteiger partial charge in [-0.1, -0.05) is 6.07 Å². The molecular weight excluding hydrogens is 356 g/mol. The second-order valence-electron chi connectivity index (χ2n) is 7.40. The summed E-state index contributed by atoms with van der Waals surface area (Å²) in [5.41, 5.74) is 3.05. The van der Waals surface area contributed by atoms with Crippen LogP contribution in [0.3, 0.4) is 0 Å². The molecule has 28 heavy (non-hydrogen) atoms. The zero-order valence-electron chi connectivity index (χ0n) is 16.1. The number of rotatable bonds is 5. The maximum Gasteiger partial charge on any atom is 0.274 e. The van der Waals surface area contributed by atoms with Crippen LogP contribution in [0.25, 0.3) is 22.2 Å². The van der Waals surface area contributed by atoms with Crippen LogP contribution < -0.4 is 10.9 Å². The number of H-pyrrole nitrogens is 1. The predicted octanol–water partition coefficient (Wildman–Crippen LogP) is 2.99. The standard InChI is InChI=1S/C21H24N4O3/c1-13-3-5-17(23-18(26)6-4-14-8-10-28-12-14)24-19(13)16-11-25(2)21(27)20-15(16)7-9-22-20/h3,5,7,9,11,14,22H,4,6,8,10,12H2,1-2H3,(H,23,24,26). The van der Waals surface area contributed by atoms with Gasteiger partial charge in [-0.15, -0.1) is 0 Å². The first-order valence-electron chi connectivity index (χ1n) is 9.55. The van der Waals surface area contributed by atoms with Crippen LogP contribution in [0.5, 0.6) is 0 Å². The van der Waals surface area contributed by atoms with E-state index >= 15 is 0 Å². The smallest absolute Gasteiger partial charge is 0.274 e. The van der Waals surface area contributed by atoms with Crippen molar-refractivity contribution in [1.29, 1.82) is 0 Å². The summed E-state index contributed by atoms with van der Waals surface area (Å²) in [6, 6.07) is 5.63. The number of ether oxygens (including phenoxy) is 1. The molecular formula is C21H24N4O3. The third kappa shape index (κ3) is 3.57. The number of aromatic nitrogens is 3. The first-order chi connectivity index (χ1) is 13.5. The Hall–Kier alpha value is -2.93. The Morgan fingerprint density at radius 3 is 3.04 bits per heavy atom. The predicted molar refractivity (Wildman–Crippen MR) is 108 cm³/mol. The van der Waals surface area contributed by atoms with Crippen molar-refractivity contribution in [2.24, 2.45) is 13.0 Å². The average Bonchev–Trinajstić information content (AvgIpc) is 3.37. The number of aromatic amines is 1. The minimum Gasteiger partial charge on any atom is -0.381 e. The molecule has 0 saturated carbocycles. The van der Waals surface area contributed by atoms with Crippen LogP contribution in [0, 0.1) is 12.8 Å². The fraction of sp³-hybridized carbons (Fsp3) is 0.381. The summed E-state index contributed by atoms with van der Waals surface area (Å²) in [6.07, 6.45) is 5.86. The number of nitrogens with one attached hydrogen (secondary N) is 2. The van der Waals surface area contributed by atoms with Crippen molar-refractivity contribution in [1.82, 2.24) is 14.5 Å². The topological polar surface area (TPSA) is 89.0 Å². The fourth-order valence-corrected chi connectivity index (χ4v) is 3.68. The van der Waals surface area contributed by atoms with Gasteiger partial charge < -0.3 is 19.6 Å². The molecule has 0 aliphatic carbocycles. The first-order valence-corrected chi connectivity index (χ1v) is 9.55. The molecule has 1 aliphatic rings. The van der Waals surface area contributed by atoms with E-state index in [1.165, 1.54) is 0 Å². The molecule has 1 unspecified atom stereocenters. The van der Waals surface area contributed by atoms with E-state index in [1.807, 2.05) is 25.1 Å². The second kappa shape index (κ2) is 7.59. The molecule has 7 heteroatoms. The van der Waals surface area contributed by atoms with E-state index in [9.17, 15) is 9.59 Å². The van der Waals surface area contributed by atoms with Gasteiger partial charge in [-0.25, -0.2) is 4.98 Å². The summed E-state index contributed by atoms with van der Waals surface area (Å²) < 4.78 is 6.91. The summed E-state index contributed by atoms with van der Waals surface area (Å²) >= 11 is 0. The molecule has 4 heterocycles. The molecule has 146 valence electrons. The van der Waals surface area contributed by atoms with Crippen LogP contribution in [0.2, 0.25) is 0 Å². The van der Waals surface area contributed by atoms with E-state index in [4.69, 9.17) is 4.74 Å². The molecule has 0 aromatic carbocycles. The lowest BCUT2D eigenvalue weighted by Gasteiger charge is -2.12. The van der Waals surface area contributed by atoms with Crippen LogP contribution in [0.15, 0.2) is 35.4 Å². The molecule has 1 amide bonds. The highest BCUT2D eigenvalue weighted by Crippen LogP contribution is 2.28. The Morgan fingerprint density at radius 2 is 2.25 bits per heavy atom. The zero-order valence-corrected chi connectivity index (χ0v) is 16.1. The number of carbonyl (C=O) groups is 1. The molecule has 0 bridgehead atoms. The number of aryl methyl sites for hydroxylation is 2. The third-order valence-electron chi connectivity index (χ3n) is 5.32. The number of nitrogens with zero attached hydrogens (tertiary/aromatic N) is 2. The van der Waals surface area contributed by atoms with Gasteiger partial charge in [-0.05, 0) is 43.4 Å². The average molecular weight is 380 g/mol. The minimum atomic E-state index is -0.0817. The highest BCUT2D eigenvalue weighted by Gasteiger charge is 2.18. The van der Waals surface area contributed by atoms with Crippen LogP contribution in [0.4, 0.5) is 5.82 Å². The van der Waals surface area contributed by atoms with Gasteiger partial charge in [0.2, 0.25) is 5.91 Å². The largest absolute Gasteiger partial charge is 0.381 e. The van der Waals surface area contributed by atoms with Crippen LogP contribution in [-0.4, -0.2) is 33.7 Å². The molecule has 1 saturated heterocycles. The third-order valence-corrected chi connectivity index (χ3v) is 5.32. The summed E-state index contributed by atoms with van der Waals surface area (Å²) in [6.45, 7) is 3.51. The van der Waals surface area contributed by atoms with Gasteiger partial charge in [0.05, 0.1) is 5.69 Å². The van der Waals surface area contributed by atoms with Gasteiger partial charge in [0, 0.05) is 50.0 Å². The van der Waals surface area contributed by atoms with Gasteiger partial charge in [-0.3, -0.25) is 9.59 Å². The summed E-state index contributed by atoms with van der Waals surface area (Å²) in [4.78, 5) is 32.3. The van der Waals surface area contributed by atoms with Crippen molar-refractivity contribution in [2.45, 2.75) is 26.2 Å². The number of carbonyl (C=O) groups excluding carboxylic acids is 1. The monoisotopic (exact) mass is 380 g/mol. The fourth-order valence-electron chi connectivity index (χ4n) is 3.68. The van der Waals surface area contributed by atoms with E-state index in [1.54, 1.807) is 24.0 Å². The number of hydrogen-bond donors (Lipinski definition) is 2. The lowest BCUT2D eigenvalue weighted by molar-refractivity contribution is -0.116. The maximum absolute atomic E-state index is 12.3. The Morgan fingerprint density at radius 1 is 1.39 bits per heavy atom. The number of amides is 1. The van der Waals surface area contributed by atoms with Crippen LogP contribution in [-0.2, 0) is 16.6 Å². The highest BCUT2D eigenvalue weighted by atomic mass is 16.5. The van der Waals surface area contributed by atoms with E-state index in [0.717, 1.165) is 48.3 Å². The van der Waals surface area contributed by atoms with Crippen molar-refractivity contribution in [3.63, 3.8) is 0 Å². The Labute approximate surface area is 162 Å². The van der Waals surface area contributed by atoms with E-state index < -0.39 is 0 Å². The molecule has 2 N–H and O–H groups in total. The maximum atomic E-state index is 12.3. The van der Waals surface area contributed by atoms with Crippen LogP contribution >= 0.6 is 0 Å². The molecule has 4 rings (SSSR count). The number of anilines is 1. The molecule has 1 aliphatic heterocycles. The summed E-state index contributed by atoms with van der Waals surface area (Å²) in [5.74, 6) is 0.951. The number of fused-ring (bicyclic) bond motifs is 1. The molecule has 1 atom stereocenters. The van der Waals surface area contributed by atoms with Crippen molar-refractivity contribution < 1.29 is 9.53 Å². The van der Waals surface area contributed by atoms with Crippen molar-refractivity contribution in [3.8, 4) is 11.3 Å². The summed E-state index contributed by atoms with van der Waals surface area (Å²) in [7, 11) is 1.72. The van der Waals surface area contributed by atoms with E-state index in [0.29, 0.717) is 23.7 Å². The second-order valence-corrected chi connectivity index (χ2v) is 7.40. The Kier molecular flexibility index (Phi) is 5.00. The molecule has 3 aromatic heterocycles. The number of pyridine rings is 2. The molecule has 0 spiro atoms. The van der Waals surface area contributed by atoms with Crippen molar-refractivity contribution in [3.05, 3.63) is 46.5 Å². The van der Waals surface area contributed by atoms with Crippen LogP contribution in [0.1, 0.15) is 24.8 Å². The van der Waals surface area contributed by atoms with Crippen molar-refractivity contribution in [2.75, 3.05) is 18.5 Å². The SMILES string of the molecule is Cc1ccc(NC(=O)CCC2CCOC2)nc1-c1cn(C)c(=O)c2[nH]ccc12. The lowest BCUT2D eigenvalue weighted by atomic mass is 10.0.